The normalized spacial score (nSPS) is 20.6. The molecule has 0 bridgehead atoms. The van der Waals surface area contributed by atoms with Gasteiger partial charge in [-0.1, -0.05) is 15.9 Å². The first kappa shape index (κ1) is 11.7. The van der Waals surface area contributed by atoms with Crippen molar-refractivity contribution >= 4 is 45.2 Å². The number of hydrogen-bond acceptors (Lipinski definition) is 3. The highest BCUT2D eigenvalue weighted by atomic mass is 79.9. The Balaban J connectivity index is 2.31. The highest BCUT2D eigenvalue weighted by molar-refractivity contribution is 9.10. The maximum atomic E-state index is 11.9. The molecule has 84 valence electrons. The number of rotatable bonds is 2. The molecule has 0 aliphatic carbocycles. The fourth-order valence-electron chi connectivity index (χ4n) is 1.65. The molecule has 0 spiro atoms. The molecule has 3 nitrogen and oxygen atoms in total. The van der Waals surface area contributed by atoms with E-state index in [-0.39, 0.29) is 17.1 Å². The number of amides is 2. The van der Waals surface area contributed by atoms with Crippen molar-refractivity contribution in [1.82, 2.24) is 0 Å². The van der Waals surface area contributed by atoms with Crippen molar-refractivity contribution in [3.63, 3.8) is 0 Å². The van der Waals surface area contributed by atoms with Crippen LogP contribution in [0.4, 0.5) is 5.69 Å². The van der Waals surface area contributed by atoms with E-state index < -0.39 is 0 Å². The van der Waals surface area contributed by atoms with E-state index in [9.17, 15) is 9.59 Å². The second kappa shape index (κ2) is 4.59. The lowest BCUT2D eigenvalue weighted by atomic mass is 10.3. The molecule has 16 heavy (non-hydrogen) atoms. The first-order valence-electron chi connectivity index (χ1n) is 4.78. The maximum absolute atomic E-state index is 11.9. The topological polar surface area (TPSA) is 37.4 Å². The molecule has 1 aromatic rings. The number of benzene rings is 1. The van der Waals surface area contributed by atoms with Gasteiger partial charge < -0.3 is 0 Å². The largest absolute Gasteiger partial charge is 0.274 e. The van der Waals surface area contributed by atoms with Crippen LogP contribution < -0.4 is 4.90 Å². The molecule has 1 unspecified atom stereocenters. The van der Waals surface area contributed by atoms with E-state index in [0.717, 1.165) is 4.47 Å². The molecular formula is C11H10BrNO2S. The second-order valence-corrected chi connectivity index (χ2v) is 5.43. The first-order chi connectivity index (χ1) is 7.63. The van der Waals surface area contributed by atoms with Crippen molar-refractivity contribution < 1.29 is 9.59 Å². The molecule has 1 aromatic carbocycles. The maximum Gasteiger partial charge on any atom is 0.247 e. The highest BCUT2D eigenvalue weighted by Gasteiger charge is 2.38. The molecule has 2 rings (SSSR count). The zero-order valence-electron chi connectivity index (χ0n) is 8.64. The number of halogens is 1. The lowest BCUT2D eigenvalue weighted by Crippen LogP contribution is -2.30. The highest BCUT2D eigenvalue weighted by Crippen LogP contribution is 2.28. The summed E-state index contributed by atoms with van der Waals surface area (Å²) in [6, 6.07) is 7.18. The molecule has 1 fully saturated rings. The second-order valence-electron chi connectivity index (χ2n) is 3.47. The van der Waals surface area contributed by atoms with Crippen molar-refractivity contribution in [1.29, 1.82) is 0 Å². The summed E-state index contributed by atoms with van der Waals surface area (Å²) in [6.07, 6.45) is 2.15. The summed E-state index contributed by atoms with van der Waals surface area (Å²) in [5, 5.41) is -0.226. The predicted molar refractivity (Wildman–Crippen MR) is 68.6 cm³/mol. The van der Waals surface area contributed by atoms with Crippen LogP contribution in [-0.2, 0) is 9.59 Å². The molecule has 2 amide bonds. The quantitative estimate of drug-likeness (QED) is 0.787. The Morgan fingerprint density at radius 1 is 1.31 bits per heavy atom. The van der Waals surface area contributed by atoms with Gasteiger partial charge in [0.1, 0.15) is 0 Å². The molecule has 1 atom stereocenters. The number of thioether (sulfide) groups is 1. The lowest BCUT2D eigenvalue weighted by molar-refractivity contribution is -0.121. The van der Waals surface area contributed by atoms with Crippen LogP contribution in [0, 0.1) is 0 Å². The van der Waals surface area contributed by atoms with Crippen LogP contribution in [0.15, 0.2) is 28.7 Å². The minimum atomic E-state index is -0.226. The summed E-state index contributed by atoms with van der Waals surface area (Å²) < 4.78 is 0.928. The Kier molecular flexibility index (Phi) is 3.35. The Morgan fingerprint density at radius 2 is 1.94 bits per heavy atom. The van der Waals surface area contributed by atoms with E-state index >= 15 is 0 Å². The molecule has 0 aromatic heterocycles. The van der Waals surface area contributed by atoms with E-state index in [1.165, 1.54) is 16.7 Å². The van der Waals surface area contributed by atoms with Crippen LogP contribution in [0.3, 0.4) is 0 Å². The van der Waals surface area contributed by atoms with Crippen LogP contribution in [0.1, 0.15) is 6.42 Å². The number of hydrogen-bond donors (Lipinski definition) is 0. The minimum absolute atomic E-state index is 0.111. The standard InChI is InChI=1S/C11H10BrNO2S/c1-16-9-6-10(14)13(11(9)15)8-4-2-7(12)3-5-8/h2-5,9H,6H2,1H3. The Morgan fingerprint density at radius 3 is 2.44 bits per heavy atom. The van der Waals surface area contributed by atoms with Gasteiger partial charge >= 0.3 is 0 Å². The van der Waals surface area contributed by atoms with Crippen molar-refractivity contribution in [3.05, 3.63) is 28.7 Å². The molecule has 1 aliphatic rings. The average Bonchev–Trinajstić information content (AvgIpc) is 2.56. The summed E-state index contributed by atoms with van der Waals surface area (Å²) in [4.78, 5) is 24.9. The fraction of sp³-hybridized carbons (Fsp3) is 0.273. The van der Waals surface area contributed by atoms with Gasteiger partial charge in [0.25, 0.3) is 0 Å². The minimum Gasteiger partial charge on any atom is -0.274 e. The van der Waals surface area contributed by atoms with E-state index in [0.29, 0.717) is 12.1 Å². The van der Waals surface area contributed by atoms with Gasteiger partial charge in [0, 0.05) is 10.9 Å². The van der Waals surface area contributed by atoms with E-state index in [1.807, 2.05) is 18.4 Å². The van der Waals surface area contributed by atoms with Gasteiger partial charge in [-0.3, -0.25) is 9.59 Å². The van der Waals surface area contributed by atoms with E-state index in [4.69, 9.17) is 0 Å². The number of anilines is 1. The molecule has 0 saturated carbocycles. The molecule has 5 heteroatoms. The van der Waals surface area contributed by atoms with Crippen LogP contribution in [0.2, 0.25) is 0 Å². The summed E-state index contributed by atoms with van der Waals surface area (Å²) in [5.41, 5.74) is 0.648. The van der Waals surface area contributed by atoms with Gasteiger partial charge in [0.15, 0.2) is 0 Å². The molecule has 1 heterocycles. The van der Waals surface area contributed by atoms with Gasteiger partial charge in [-0.2, -0.15) is 11.8 Å². The SMILES string of the molecule is CSC1CC(=O)N(c2ccc(Br)cc2)C1=O. The molecular weight excluding hydrogens is 290 g/mol. The van der Waals surface area contributed by atoms with Gasteiger partial charge in [0.2, 0.25) is 11.8 Å². The van der Waals surface area contributed by atoms with Gasteiger partial charge in [0.05, 0.1) is 10.9 Å². The number of nitrogens with zero attached hydrogens (tertiary/aromatic N) is 1. The predicted octanol–water partition coefficient (Wildman–Crippen LogP) is 2.44. The third kappa shape index (κ3) is 2.01. The van der Waals surface area contributed by atoms with Crippen LogP contribution in [-0.4, -0.2) is 23.3 Å². The van der Waals surface area contributed by atoms with Crippen molar-refractivity contribution in [2.45, 2.75) is 11.7 Å². The van der Waals surface area contributed by atoms with Crippen LogP contribution >= 0.6 is 27.7 Å². The first-order valence-corrected chi connectivity index (χ1v) is 6.86. The number of carbonyl (C=O) groups is 2. The molecule has 0 N–H and O–H groups in total. The van der Waals surface area contributed by atoms with E-state index in [1.54, 1.807) is 12.1 Å². The molecule has 1 aliphatic heterocycles. The van der Waals surface area contributed by atoms with E-state index in [2.05, 4.69) is 15.9 Å². The Hall–Kier alpha value is -0.810. The monoisotopic (exact) mass is 299 g/mol. The van der Waals surface area contributed by atoms with Gasteiger partial charge in [-0.15, -0.1) is 0 Å². The van der Waals surface area contributed by atoms with Crippen LogP contribution in [0.25, 0.3) is 0 Å². The zero-order chi connectivity index (χ0) is 11.7. The summed E-state index contributed by atoms with van der Waals surface area (Å²) in [6.45, 7) is 0. The van der Waals surface area contributed by atoms with Crippen LogP contribution in [0.5, 0.6) is 0 Å². The summed E-state index contributed by atoms with van der Waals surface area (Å²) in [7, 11) is 0. The van der Waals surface area contributed by atoms with Crippen molar-refractivity contribution in [3.8, 4) is 0 Å². The Bertz CT molecular complexity index is 432. The fourth-order valence-corrected chi connectivity index (χ4v) is 2.53. The summed E-state index contributed by atoms with van der Waals surface area (Å²) >= 11 is 4.74. The molecule has 1 saturated heterocycles. The third-order valence-corrected chi connectivity index (χ3v) is 3.94. The summed E-state index contributed by atoms with van der Waals surface area (Å²) in [5.74, 6) is -0.230. The van der Waals surface area contributed by atoms with Gasteiger partial charge in [-0.25, -0.2) is 4.90 Å². The number of imide groups is 1. The lowest BCUT2D eigenvalue weighted by Gasteiger charge is -2.14. The number of carbonyl (C=O) groups excluding carboxylic acids is 2. The Labute approximate surface area is 106 Å². The smallest absolute Gasteiger partial charge is 0.247 e. The third-order valence-electron chi connectivity index (χ3n) is 2.47. The average molecular weight is 300 g/mol. The van der Waals surface area contributed by atoms with Crippen molar-refractivity contribution in [2.24, 2.45) is 0 Å². The zero-order valence-corrected chi connectivity index (χ0v) is 11.0. The van der Waals surface area contributed by atoms with Crippen molar-refractivity contribution in [2.75, 3.05) is 11.2 Å². The molecule has 0 radical (unpaired) electrons. The van der Waals surface area contributed by atoms with Gasteiger partial charge in [-0.05, 0) is 30.5 Å².